The third-order valence-electron chi connectivity index (χ3n) is 2.92. The molecule has 0 atom stereocenters. The Labute approximate surface area is 123 Å². The smallest absolute Gasteiger partial charge is 0.206 e. The maximum Gasteiger partial charge on any atom is 0.206 e. The van der Waals surface area contributed by atoms with Crippen molar-refractivity contribution in [2.75, 3.05) is 7.11 Å². The van der Waals surface area contributed by atoms with Crippen LogP contribution in [0.15, 0.2) is 47.7 Å². The lowest BCUT2D eigenvalue weighted by Crippen LogP contribution is -2.25. The van der Waals surface area contributed by atoms with E-state index in [0.717, 1.165) is 30.0 Å². The molecule has 0 aliphatic heterocycles. The van der Waals surface area contributed by atoms with Crippen molar-refractivity contribution in [1.82, 2.24) is 9.99 Å². The Balaban J connectivity index is 2.04. The third-order valence-corrected chi connectivity index (χ3v) is 2.92. The second-order valence-electron chi connectivity index (χ2n) is 4.47. The van der Waals surface area contributed by atoms with Gasteiger partial charge in [0.2, 0.25) is 5.96 Å². The molecule has 0 radical (unpaired) electrons. The predicted molar refractivity (Wildman–Crippen MR) is 84.2 cm³/mol. The summed E-state index contributed by atoms with van der Waals surface area (Å²) in [6, 6.07) is 12.1. The van der Waals surface area contributed by atoms with Gasteiger partial charge < -0.3 is 10.5 Å². The van der Waals surface area contributed by atoms with Gasteiger partial charge in [-0.15, -0.1) is 0 Å². The first kappa shape index (κ1) is 14.6. The highest BCUT2D eigenvalue weighted by Crippen LogP contribution is 2.22. The number of hydrazone groups is 1. The van der Waals surface area contributed by atoms with Crippen LogP contribution in [-0.2, 0) is 6.42 Å². The first-order valence-corrected chi connectivity index (χ1v) is 6.63. The van der Waals surface area contributed by atoms with E-state index in [-0.39, 0.29) is 5.96 Å². The van der Waals surface area contributed by atoms with Crippen LogP contribution in [0.2, 0.25) is 0 Å². The van der Waals surface area contributed by atoms with Gasteiger partial charge >= 0.3 is 0 Å². The van der Waals surface area contributed by atoms with Crippen LogP contribution in [0.5, 0.6) is 5.88 Å². The van der Waals surface area contributed by atoms with Gasteiger partial charge in [-0.1, -0.05) is 18.2 Å². The number of methoxy groups -OCH3 is 1. The molecule has 6 nitrogen and oxygen atoms in total. The Morgan fingerprint density at radius 1 is 1.43 bits per heavy atom. The van der Waals surface area contributed by atoms with Gasteiger partial charge in [0.1, 0.15) is 0 Å². The molecule has 0 aliphatic rings. The van der Waals surface area contributed by atoms with Crippen LogP contribution in [-0.4, -0.2) is 23.9 Å². The van der Waals surface area contributed by atoms with Gasteiger partial charge in [-0.05, 0) is 30.5 Å². The summed E-state index contributed by atoms with van der Waals surface area (Å²) in [5.41, 5.74) is 9.74. The average Bonchev–Trinajstić information content (AvgIpc) is 2.91. The number of hydrogen-bond donors (Lipinski definition) is 3. The van der Waals surface area contributed by atoms with Crippen LogP contribution >= 0.6 is 0 Å². The number of aryl methyl sites for hydroxylation is 1. The van der Waals surface area contributed by atoms with E-state index in [1.807, 2.05) is 41.0 Å². The quantitative estimate of drug-likeness (QED) is 0.430. The molecule has 110 valence electrons. The van der Waals surface area contributed by atoms with Crippen molar-refractivity contribution in [3.05, 3.63) is 48.2 Å². The summed E-state index contributed by atoms with van der Waals surface area (Å²) in [7, 11) is 1.66. The lowest BCUT2D eigenvalue weighted by molar-refractivity contribution is 0.390. The second-order valence-corrected chi connectivity index (χ2v) is 4.47. The minimum absolute atomic E-state index is 0.164. The largest absolute Gasteiger partial charge is 0.482 e. The van der Waals surface area contributed by atoms with Crippen LogP contribution in [0, 0.1) is 5.41 Å². The Kier molecular flexibility index (Phi) is 4.98. The summed E-state index contributed by atoms with van der Waals surface area (Å²) < 4.78 is 7.43. The predicted octanol–water partition coefficient (Wildman–Crippen LogP) is 1.89. The number of hydrogen-bond acceptors (Lipinski definition) is 3. The average molecular weight is 285 g/mol. The van der Waals surface area contributed by atoms with Crippen LogP contribution in [0.4, 0.5) is 0 Å². The molecule has 1 aromatic heterocycles. The van der Waals surface area contributed by atoms with Gasteiger partial charge in [-0.25, -0.2) is 5.43 Å². The fourth-order valence-corrected chi connectivity index (χ4v) is 1.99. The number of ether oxygens (including phenoxy) is 1. The summed E-state index contributed by atoms with van der Waals surface area (Å²) in [4.78, 5) is 0. The van der Waals surface area contributed by atoms with E-state index < -0.39 is 0 Å². The molecule has 0 saturated carbocycles. The molecule has 6 heteroatoms. The fraction of sp³-hybridized carbons (Fsp3) is 0.200. The first-order chi connectivity index (χ1) is 10.2. The van der Waals surface area contributed by atoms with E-state index >= 15 is 0 Å². The number of nitrogens with one attached hydrogen (secondary N) is 2. The zero-order valence-corrected chi connectivity index (χ0v) is 11.9. The highest BCUT2D eigenvalue weighted by molar-refractivity contribution is 5.75. The molecule has 4 N–H and O–H groups in total. The molecule has 1 heterocycles. The first-order valence-electron chi connectivity index (χ1n) is 6.63. The van der Waals surface area contributed by atoms with E-state index in [0.29, 0.717) is 0 Å². The standard InChI is InChI=1S/C15H19N5O/c1-21-14-10-12(6-5-9-18-19-15(16)17)11-20(14)13-7-3-2-4-8-13/h2-4,7-11H,5-6H2,1H3,(H4,16,17,19)/b18-9+. The maximum atomic E-state index is 6.98. The number of rotatable bonds is 6. The zero-order valence-electron chi connectivity index (χ0n) is 11.9. The number of guanidine groups is 1. The molecule has 0 saturated heterocycles. The topological polar surface area (TPSA) is 88.4 Å². The molecule has 2 rings (SSSR count). The van der Waals surface area contributed by atoms with Crippen LogP contribution in [0.1, 0.15) is 12.0 Å². The highest BCUT2D eigenvalue weighted by Gasteiger charge is 2.07. The second kappa shape index (κ2) is 7.14. The molecule has 0 unspecified atom stereocenters. The number of aromatic nitrogens is 1. The monoisotopic (exact) mass is 285 g/mol. The minimum atomic E-state index is -0.164. The summed E-state index contributed by atoms with van der Waals surface area (Å²) in [5, 5.41) is 10.8. The van der Waals surface area contributed by atoms with Crippen molar-refractivity contribution < 1.29 is 4.74 Å². The molecule has 0 fully saturated rings. The Morgan fingerprint density at radius 3 is 2.86 bits per heavy atom. The van der Waals surface area contributed by atoms with Gasteiger partial charge in [0.05, 0.1) is 7.11 Å². The van der Waals surface area contributed by atoms with Crippen molar-refractivity contribution in [1.29, 1.82) is 5.41 Å². The lowest BCUT2D eigenvalue weighted by atomic mass is 10.2. The van der Waals surface area contributed by atoms with Gasteiger partial charge in [-0.2, -0.15) is 5.10 Å². The van der Waals surface area contributed by atoms with E-state index in [1.165, 1.54) is 0 Å². The fourth-order valence-electron chi connectivity index (χ4n) is 1.99. The number of benzene rings is 1. The molecular weight excluding hydrogens is 266 g/mol. The molecule has 0 amide bonds. The molecule has 1 aromatic carbocycles. The van der Waals surface area contributed by atoms with E-state index in [1.54, 1.807) is 13.3 Å². The van der Waals surface area contributed by atoms with Crippen LogP contribution in [0.3, 0.4) is 0 Å². The van der Waals surface area contributed by atoms with Crippen molar-refractivity contribution >= 4 is 12.2 Å². The third kappa shape index (κ3) is 4.10. The zero-order chi connectivity index (χ0) is 15.1. The summed E-state index contributed by atoms with van der Waals surface area (Å²) in [5.74, 6) is 0.637. The van der Waals surface area contributed by atoms with Crippen molar-refractivity contribution in [3.63, 3.8) is 0 Å². The summed E-state index contributed by atoms with van der Waals surface area (Å²) >= 11 is 0. The van der Waals surface area contributed by atoms with Gasteiger partial charge in [0.25, 0.3) is 0 Å². The number of nitrogens with zero attached hydrogens (tertiary/aromatic N) is 2. The van der Waals surface area contributed by atoms with Crippen LogP contribution < -0.4 is 15.9 Å². The van der Waals surface area contributed by atoms with Crippen molar-refractivity contribution in [2.24, 2.45) is 10.8 Å². The van der Waals surface area contributed by atoms with Crippen molar-refractivity contribution in [2.45, 2.75) is 12.8 Å². The normalized spacial score (nSPS) is 10.7. The van der Waals surface area contributed by atoms with Crippen LogP contribution in [0.25, 0.3) is 5.69 Å². The molecule has 0 spiro atoms. The van der Waals surface area contributed by atoms with Crippen molar-refractivity contribution in [3.8, 4) is 11.6 Å². The molecular formula is C15H19N5O. The number of para-hydroxylation sites is 1. The number of nitrogens with two attached hydrogens (primary N) is 1. The molecule has 0 bridgehead atoms. The Morgan fingerprint density at radius 2 is 2.19 bits per heavy atom. The molecule has 2 aromatic rings. The van der Waals surface area contributed by atoms with E-state index in [4.69, 9.17) is 15.9 Å². The Bertz CT molecular complexity index is 618. The molecule has 0 aliphatic carbocycles. The maximum absolute atomic E-state index is 6.98. The minimum Gasteiger partial charge on any atom is -0.482 e. The van der Waals surface area contributed by atoms with Gasteiger partial charge in [0, 0.05) is 24.2 Å². The summed E-state index contributed by atoms with van der Waals surface area (Å²) in [6.07, 6.45) is 5.34. The Hall–Kier alpha value is -2.76. The highest BCUT2D eigenvalue weighted by atomic mass is 16.5. The SMILES string of the molecule is COc1cc(CC/C=N/NC(=N)N)cn1-c1ccccc1. The lowest BCUT2D eigenvalue weighted by Gasteiger charge is -2.06. The summed E-state index contributed by atoms with van der Waals surface area (Å²) in [6.45, 7) is 0. The van der Waals surface area contributed by atoms with E-state index in [2.05, 4.69) is 16.7 Å². The van der Waals surface area contributed by atoms with E-state index in [9.17, 15) is 0 Å². The van der Waals surface area contributed by atoms with Gasteiger partial charge in [0.15, 0.2) is 5.88 Å². The molecule has 21 heavy (non-hydrogen) atoms. The van der Waals surface area contributed by atoms with Gasteiger partial charge in [-0.3, -0.25) is 9.98 Å².